The van der Waals surface area contributed by atoms with Crippen LogP contribution in [0.4, 0.5) is 28.9 Å². The number of nitrogens with zero attached hydrogens (tertiary/aromatic N) is 5. The van der Waals surface area contributed by atoms with Crippen molar-refractivity contribution in [2.45, 2.75) is 51.4 Å². The predicted octanol–water partition coefficient (Wildman–Crippen LogP) is 6.56. The third-order valence-electron chi connectivity index (χ3n) is 7.44. The summed E-state index contributed by atoms with van der Waals surface area (Å²) in [5, 5.41) is 27.4. The van der Waals surface area contributed by atoms with Gasteiger partial charge in [-0.15, -0.1) is 5.10 Å². The van der Waals surface area contributed by atoms with Gasteiger partial charge in [0.2, 0.25) is 0 Å². The number of rotatable bonds is 8. The number of fused-ring (bicyclic) bond motifs is 1. The minimum atomic E-state index is -4.53. The molecule has 5 rings (SSSR count). The Balaban J connectivity index is 1.63. The van der Waals surface area contributed by atoms with Crippen molar-refractivity contribution in [1.29, 1.82) is 5.26 Å². The summed E-state index contributed by atoms with van der Waals surface area (Å²) in [6, 6.07) is 8.25. The summed E-state index contributed by atoms with van der Waals surface area (Å²) in [4.78, 5) is 16.8. The Kier molecular flexibility index (Phi) is 7.92. The first-order valence-electron chi connectivity index (χ1n) is 13.7. The lowest BCUT2D eigenvalue weighted by Crippen LogP contribution is -2.35. The maximum atomic E-state index is 14.6. The molecule has 0 aliphatic heterocycles. The second-order valence-electron chi connectivity index (χ2n) is 11.9. The van der Waals surface area contributed by atoms with Crippen molar-refractivity contribution < 1.29 is 22.4 Å². The molecular formula is C30H29ClF4N8O. The van der Waals surface area contributed by atoms with Gasteiger partial charge in [-0.25, -0.2) is 9.07 Å². The molecule has 1 aliphatic carbocycles. The minimum absolute atomic E-state index is 0.0983. The molecule has 1 unspecified atom stereocenters. The van der Waals surface area contributed by atoms with Crippen LogP contribution in [0.25, 0.3) is 10.9 Å². The molecule has 2 heterocycles. The van der Waals surface area contributed by atoms with Gasteiger partial charge in [0.05, 0.1) is 39.6 Å². The van der Waals surface area contributed by atoms with Gasteiger partial charge in [0.25, 0.3) is 5.91 Å². The van der Waals surface area contributed by atoms with Crippen LogP contribution < -0.4 is 16.0 Å². The molecule has 44 heavy (non-hydrogen) atoms. The van der Waals surface area contributed by atoms with Gasteiger partial charge in [0.1, 0.15) is 17.6 Å². The fourth-order valence-electron chi connectivity index (χ4n) is 4.88. The normalized spacial score (nSPS) is 15.0. The fraction of sp³-hybridized carbons (Fsp3) is 0.367. The third kappa shape index (κ3) is 5.86. The maximum absolute atomic E-state index is 14.6. The van der Waals surface area contributed by atoms with E-state index < -0.39 is 29.5 Å². The lowest BCUT2D eigenvalue weighted by molar-refractivity contribution is -0.182. The van der Waals surface area contributed by atoms with Crippen molar-refractivity contribution in [2.24, 2.45) is 5.41 Å². The highest BCUT2D eigenvalue weighted by Crippen LogP contribution is 2.55. The van der Waals surface area contributed by atoms with Crippen LogP contribution in [0.2, 0.25) is 5.02 Å². The quantitative estimate of drug-likeness (QED) is 0.189. The largest absolute Gasteiger partial charge is 0.413 e. The van der Waals surface area contributed by atoms with Crippen molar-refractivity contribution in [3.05, 3.63) is 75.9 Å². The highest BCUT2D eigenvalue weighted by Gasteiger charge is 2.66. The van der Waals surface area contributed by atoms with Gasteiger partial charge in [-0.2, -0.15) is 18.4 Å². The lowest BCUT2D eigenvalue weighted by Gasteiger charge is -2.23. The molecular weight excluding hydrogens is 600 g/mol. The van der Waals surface area contributed by atoms with Crippen LogP contribution in [0.1, 0.15) is 66.8 Å². The molecule has 1 saturated carbocycles. The number of hydrogen-bond acceptors (Lipinski definition) is 7. The molecule has 0 saturated heterocycles. The predicted molar refractivity (Wildman–Crippen MR) is 158 cm³/mol. The Morgan fingerprint density at radius 1 is 1.20 bits per heavy atom. The van der Waals surface area contributed by atoms with E-state index >= 15 is 0 Å². The zero-order chi connectivity index (χ0) is 32.0. The first kappa shape index (κ1) is 31.0. The third-order valence-corrected chi connectivity index (χ3v) is 7.73. The molecule has 230 valence electrons. The van der Waals surface area contributed by atoms with Gasteiger partial charge >= 0.3 is 6.18 Å². The summed E-state index contributed by atoms with van der Waals surface area (Å²) < 4.78 is 57.0. The van der Waals surface area contributed by atoms with E-state index in [1.54, 1.807) is 12.1 Å². The van der Waals surface area contributed by atoms with Gasteiger partial charge < -0.3 is 16.0 Å². The number of nitriles is 1. The van der Waals surface area contributed by atoms with Crippen molar-refractivity contribution >= 4 is 39.8 Å². The summed E-state index contributed by atoms with van der Waals surface area (Å²) in [6.45, 7) is 6.63. The summed E-state index contributed by atoms with van der Waals surface area (Å²) in [7, 11) is 1.36. The number of nitrogens with one attached hydrogen (secondary N) is 3. The van der Waals surface area contributed by atoms with Gasteiger partial charge in [-0.05, 0) is 48.1 Å². The Labute approximate surface area is 255 Å². The van der Waals surface area contributed by atoms with Crippen LogP contribution in [0, 0.1) is 22.6 Å². The Morgan fingerprint density at radius 3 is 2.55 bits per heavy atom. The number of carbonyl (C=O) groups is 1. The molecule has 0 spiro atoms. The van der Waals surface area contributed by atoms with E-state index in [1.165, 1.54) is 31.6 Å². The van der Waals surface area contributed by atoms with E-state index in [4.69, 9.17) is 11.6 Å². The van der Waals surface area contributed by atoms with Crippen LogP contribution in [-0.4, -0.2) is 45.7 Å². The Morgan fingerprint density at radius 2 is 1.93 bits per heavy atom. The summed E-state index contributed by atoms with van der Waals surface area (Å²) in [5.74, 6) is -1.46. The zero-order valence-corrected chi connectivity index (χ0v) is 25.0. The average Bonchev–Trinajstić information content (AvgIpc) is 3.65. The molecule has 1 amide bonds. The molecule has 1 fully saturated rings. The second kappa shape index (κ2) is 11.2. The number of halogens is 5. The number of anilines is 2. The van der Waals surface area contributed by atoms with Crippen LogP contribution in [0.15, 0.2) is 42.7 Å². The van der Waals surface area contributed by atoms with Crippen molar-refractivity contribution in [3.8, 4) is 6.07 Å². The van der Waals surface area contributed by atoms with Crippen molar-refractivity contribution in [2.75, 3.05) is 24.2 Å². The number of hydrogen-bond donors (Lipinski definition) is 3. The first-order valence-corrected chi connectivity index (χ1v) is 14.1. The van der Waals surface area contributed by atoms with E-state index in [0.29, 0.717) is 39.9 Å². The highest BCUT2D eigenvalue weighted by molar-refractivity contribution is 6.35. The van der Waals surface area contributed by atoms with E-state index in [-0.39, 0.29) is 34.5 Å². The van der Waals surface area contributed by atoms with Crippen LogP contribution in [-0.2, 0) is 5.54 Å². The van der Waals surface area contributed by atoms with E-state index in [9.17, 15) is 27.6 Å². The summed E-state index contributed by atoms with van der Waals surface area (Å²) >= 11 is 6.65. The zero-order valence-electron chi connectivity index (χ0n) is 24.3. The summed E-state index contributed by atoms with van der Waals surface area (Å²) in [6.07, 6.45) is -2.16. The van der Waals surface area contributed by atoms with Crippen LogP contribution in [0.5, 0.6) is 0 Å². The number of pyridine rings is 1. The molecule has 9 nitrogen and oxygen atoms in total. The van der Waals surface area contributed by atoms with Gasteiger partial charge in [0.15, 0.2) is 5.54 Å². The lowest BCUT2D eigenvalue weighted by atomic mass is 9.96. The highest BCUT2D eigenvalue weighted by atomic mass is 35.5. The minimum Gasteiger partial charge on any atom is -0.383 e. The van der Waals surface area contributed by atoms with E-state index in [1.807, 2.05) is 20.8 Å². The second-order valence-corrected chi connectivity index (χ2v) is 12.3. The number of aromatic nitrogens is 4. The number of amides is 1. The number of carbonyl (C=O) groups excluding carboxylic acids is 1. The molecule has 4 aromatic rings. The number of alkyl halides is 3. The van der Waals surface area contributed by atoms with Gasteiger partial charge in [-0.3, -0.25) is 9.78 Å². The van der Waals surface area contributed by atoms with Crippen molar-refractivity contribution in [3.63, 3.8) is 0 Å². The molecule has 1 aliphatic rings. The fourth-order valence-corrected chi connectivity index (χ4v) is 5.14. The molecule has 2 aromatic carbocycles. The standard InChI is InChI=1S/C30H29ClF4N8O/c1-28(2,3)15-39-24-17(12-36)13-38-26-20(24)10-18(11-21(26)31)40-25(16-5-6-22(32)19(9-16)27(44)37-4)23-14-43(42-41-23)29(7-8-29)30(33,34)35/h5-6,9-11,13-14,25,40H,7-8,15H2,1-4H3,(H,37,44)(H,38,39). The molecule has 0 radical (unpaired) electrons. The molecule has 2 aromatic heterocycles. The molecule has 14 heteroatoms. The first-order chi connectivity index (χ1) is 20.7. The summed E-state index contributed by atoms with van der Waals surface area (Å²) in [5.41, 5.74) is -0.444. The van der Waals surface area contributed by atoms with E-state index in [2.05, 4.69) is 37.3 Å². The topological polar surface area (TPSA) is 121 Å². The average molecular weight is 629 g/mol. The Hall–Kier alpha value is -4.44. The SMILES string of the molecule is CNC(=O)c1cc(C(Nc2cc(Cl)c3ncc(C#N)c(NCC(C)(C)C)c3c2)c2cn(C3(C(F)(F)F)CC3)nn2)ccc1F. The molecule has 3 N–H and O–H groups in total. The monoisotopic (exact) mass is 628 g/mol. The van der Waals surface area contributed by atoms with Gasteiger partial charge in [-0.1, -0.05) is 43.7 Å². The van der Waals surface area contributed by atoms with Gasteiger partial charge in [0, 0.05) is 30.9 Å². The van der Waals surface area contributed by atoms with Crippen LogP contribution >= 0.6 is 11.6 Å². The van der Waals surface area contributed by atoms with Crippen molar-refractivity contribution in [1.82, 2.24) is 25.3 Å². The smallest absolute Gasteiger partial charge is 0.383 e. The number of benzene rings is 2. The maximum Gasteiger partial charge on any atom is 0.413 e. The molecule has 0 bridgehead atoms. The van der Waals surface area contributed by atoms with E-state index in [0.717, 1.165) is 10.7 Å². The molecule has 1 atom stereocenters. The Bertz CT molecular complexity index is 1790. The van der Waals surface area contributed by atoms with Crippen LogP contribution in [0.3, 0.4) is 0 Å².